The molecule has 29 aromatic rings. The first kappa shape index (κ1) is 80.5. The molecule has 19 aromatic carbocycles. The van der Waals surface area contributed by atoms with Gasteiger partial charge in [0.2, 0.25) is 5.95 Å². The van der Waals surface area contributed by atoms with Crippen LogP contribution in [0.4, 0.5) is 0 Å². The number of hydrogen-bond donors (Lipinski definition) is 0. The van der Waals surface area contributed by atoms with E-state index in [0.717, 1.165) is 123 Å². The van der Waals surface area contributed by atoms with Crippen molar-refractivity contribution in [3.63, 3.8) is 0 Å². The maximum atomic E-state index is 5.26. The maximum absolute atomic E-state index is 5.26. The second-order valence-corrected chi connectivity index (χ2v) is 35.3. The third kappa shape index (κ3) is 13.5. The predicted molar refractivity (Wildman–Crippen MR) is 575 cm³/mol. The molecule has 10 heterocycles. The zero-order valence-corrected chi connectivity index (χ0v) is 75.4. The van der Waals surface area contributed by atoms with Crippen LogP contribution in [-0.2, 0) is 0 Å². The molecule has 10 aromatic heterocycles. The Morgan fingerprint density at radius 1 is 0.150 bits per heavy atom. The summed E-state index contributed by atoms with van der Waals surface area (Å²) in [5, 5.41) is 16.5. The van der Waals surface area contributed by atoms with E-state index in [4.69, 9.17) is 39.9 Å². The van der Waals surface area contributed by atoms with Gasteiger partial charge in [-0.1, -0.05) is 346 Å². The van der Waals surface area contributed by atoms with Crippen LogP contribution in [0.15, 0.2) is 485 Å². The van der Waals surface area contributed by atoms with Crippen LogP contribution in [0.2, 0.25) is 0 Å². The third-order valence-electron chi connectivity index (χ3n) is 27.2. The molecule has 0 aliphatic rings. The lowest BCUT2D eigenvalue weighted by Crippen LogP contribution is -2.03. The van der Waals surface area contributed by atoms with Crippen LogP contribution in [0.5, 0.6) is 0 Å². The number of rotatable bonds is 12. The molecule has 0 N–H and O–H groups in total. The summed E-state index contributed by atoms with van der Waals surface area (Å²) in [5.41, 5.74) is 27.7. The highest BCUT2D eigenvalue weighted by Gasteiger charge is 2.27. The van der Waals surface area contributed by atoms with Crippen molar-refractivity contribution in [2.45, 2.75) is 0 Å². The van der Waals surface area contributed by atoms with Gasteiger partial charge in [0, 0.05) is 126 Å². The van der Waals surface area contributed by atoms with Crippen LogP contribution in [0, 0.1) is 0 Å². The van der Waals surface area contributed by atoms with Crippen LogP contribution >= 0.6 is 0 Å². The fraction of sp³-hybridized carbons (Fsp3) is 0. The van der Waals surface area contributed by atoms with Gasteiger partial charge in [0.05, 0.1) is 88.6 Å². The van der Waals surface area contributed by atoms with Crippen molar-refractivity contribution in [1.29, 1.82) is 0 Å². The molecule has 14 heteroatoms. The quantitative estimate of drug-likeness (QED) is 0.118. The highest BCUT2D eigenvalue weighted by molar-refractivity contribution is 6.27. The van der Waals surface area contributed by atoms with Gasteiger partial charge in [0.1, 0.15) is 11.5 Å². The molecule has 0 saturated carbocycles. The number of nitrogens with zero attached hydrogens (tertiary/aromatic N) is 14. The number of fused-ring (bicyclic) bond motifs is 21. The number of pyridine rings is 1. The Labute approximate surface area is 802 Å². The molecule has 140 heavy (non-hydrogen) atoms. The summed E-state index contributed by atoms with van der Waals surface area (Å²) >= 11 is 0. The van der Waals surface area contributed by atoms with E-state index >= 15 is 0 Å². The second-order valence-electron chi connectivity index (χ2n) is 35.3. The fourth-order valence-corrected chi connectivity index (χ4v) is 21.0. The van der Waals surface area contributed by atoms with Gasteiger partial charge < -0.3 is 18.3 Å². The third-order valence-corrected chi connectivity index (χ3v) is 27.2. The summed E-state index contributed by atoms with van der Waals surface area (Å²) in [6.07, 6.45) is 0. The zero-order chi connectivity index (χ0) is 92.2. The van der Waals surface area contributed by atoms with Crippen LogP contribution in [0.1, 0.15) is 0 Å². The van der Waals surface area contributed by atoms with Gasteiger partial charge in [-0.2, -0.15) is 0 Å². The van der Waals surface area contributed by atoms with Gasteiger partial charge in [0.15, 0.2) is 23.3 Å². The topological polar surface area (TPSA) is 133 Å². The van der Waals surface area contributed by atoms with Crippen molar-refractivity contribution >= 4 is 153 Å². The van der Waals surface area contributed by atoms with Crippen LogP contribution in [-0.4, -0.2) is 67.3 Å². The van der Waals surface area contributed by atoms with Crippen molar-refractivity contribution in [2.75, 3.05) is 0 Å². The smallest absolute Gasteiger partial charge is 0.235 e. The van der Waals surface area contributed by atoms with E-state index in [-0.39, 0.29) is 0 Å². The van der Waals surface area contributed by atoms with Gasteiger partial charge in [-0.15, -0.1) is 0 Å². The fourth-order valence-electron chi connectivity index (χ4n) is 21.0. The van der Waals surface area contributed by atoms with Gasteiger partial charge in [-0.25, -0.2) is 39.9 Å². The molecule has 29 rings (SSSR count). The lowest BCUT2D eigenvalue weighted by Gasteiger charge is -2.13. The molecule has 0 aliphatic heterocycles. The average molecular weight is 1790 g/mol. The van der Waals surface area contributed by atoms with Crippen molar-refractivity contribution in [3.8, 4) is 103 Å². The summed E-state index contributed by atoms with van der Waals surface area (Å²) in [6, 6.07) is 170. The standard InChI is InChI=1S/C44H28N6.C44H28N4.C38H24N4/c1-4-15-29(16-5-1)42-46-43(30-17-6-2-7-18-30)48-44(47-42)36-23-14-26-41(45-36)50-38-25-13-11-22-33(38)35-27-39-34(28-40(35)50)32-21-10-12-24-37(32)49(39)31-19-8-3-9-20-31;1-3-14-29(15-4-1)42-35-21-7-10-23-37(35)45-44(46-42)30-16-13-19-32(28-30)48-38-24-11-8-20-33(38)34-26-27-40-41(43(34)48)36-22-9-12-25-39(36)47(40)31-17-5-2-6-18-31;1-3-13-25(14-4-1)37-29-19-7-10-20-32(29)39-38(40-37)42-34-22-12-9-18-28(34)31-23-35-30(24-36(31)42)27-17-8-11-21-33(27)41(35)26-15-5-2-6-16-26/h1-28H;1-28H;1-24H. The van der Waals surface area contributed by atoms with Gasteiger partial charge in [-0.05, 0) is 140 Å². The minimum absolute atomic E-state index is 0.522. The monoisotopic (exact) mass is 1790 g/mol. The molecule has 14 nitrogen and oxygen atoms in total. The van der Waals surface area contributed by atoms with E-state index in [9.17, 15) is 0 Å². The SMILES string of the molecule is c1ccc(-c2nc(-c3cccc(-n4c5ccccc5c5ccc6c(c7ccccc7n6-c6ccccc6)c54)c3)nc3ccccc23)cc1.c1ccc(-c2nc(-c3ccccc3)nc(-c3cccc(-n4c5ccccc5c5cc6c(cc54)c4ccccc4n6-c4ccccc4)n3)n2)cc1.c1ccc(-c2nc(-n3c4ccccc4c4cc5c(cc43)c3ccccc3n5-c3ccccc3)nc3ccccc23)cc1. The van der Waals surface area contributed by atoms with E-state index in [1.54, 1.807) is 0 Å². The molecule has 0 unspecified atom stereocenters. The Balaban J connectivity index is 0.000000106. The summed E-state index contributed by atoms with van der Waals surface area (Å²) in [7, 11) is 0. The Morgan fingerprint density at radius 3 is 0.964 bits per heavy atom. The molecular weight excluding hydrogens is 1710 g/mol. The maximum Gasteiger partial charge on any atom is 0.235 e. The van der Waals surface area contributed by atoms with Gasteiger partial charge in [0.25, 0.3) is 0 Å². The van der Waals surface area contributed by atoms with Gasteiger partial charge in [-0.3, -0.25) is 9.13 Å². The first-order valence-electron chi connectivity index (χ1n) is 47.1. The summed E-state index contributed by atoms with van der Waals surface area (Å²) in [4.78, 5) is 40.7. The van der Waals surface area contributed by atoms with Crippen LogP contribution < -0.4 is 0 Å². The minimum atomic E-state index is 0.522. The van der Waals surface area contributed by atoms with Crippen molar-refractivity contribution in [3.05, 3.63) is 485 Å². The van der Waals surface area contributed by atoms with Gasteiger partial charge >= 0.3 is 0 Å². The summed E-state index contributed by atoms with van der Waals surface area (Å²) < 4.78 is 14.0. The summed E-state index contributed by atoms with van der Waals surface area (Å²) in [5.74, 6) is 3.91. The number of benzene rings is 19. The second kappa shape index (κ2) is 33.5. The molecule has 654 valence electrons. The number of aromatic nitrogens is 14. The molecule has 0 saturated heterocycles. The molecule has 0 radical (unpaired) electrons. The van der Waals surface area contributed by atoms with Crippen LogP contribution in [0.25, 0.3) is 255 Å². The normalized spacial score (nSPS) is 11.7. The lowest BCUT2D eigenvalue weighted by molar-refractivity contribution is 1.01. The zero-order valence-electron chi connectivity index (χ0n) is 75.4. The Bertz CT molecular complexity index is 9880. The van der Waals surface area contributed by atoms with Crippen LogP contribution in [0.3, 0.4) is 0 Å². The largest absolute Gasteiger partial charge is 0.309 e. The Morgan fingerprint density at radius 2 is 0.479 bits per heavy atom. The Kier molecular flexibility index (Phi) is 19.2. The Hall–Kier alpha value is -19.2. The van der Waals surface area contributed by atoms with E-state index in [0.29, 0.717) is 34.9 Å². The van der Waals surface area contributed by atoms with E-state index < -0.39 is 0 Å². The molecule has 0 fully saturated rings. The average Bonchev–Trinajstić information content (AvgIpc) is 1.55. The van der Waals surface area contributed by atoms with E-state index in [1.807, 2.05) is 97.1 Å². The summed E-state index contributed by atoms with van der Waals surface area (Å²) in [6.45, 7) is 0. The highest BCUT2D eigenvalue weighted by atomic mass is 15.2. The van der Waals surface area contributed by atoms with Crippen molar-refractivity contribution in [2.24, 2.45) is 0 Å². The molecule has 0 aliphatic carbocycles. The first-order chi connectivity index (χ1) is 69.5. The highest BCUT2D eigenvalue weighted by Crippen LogP contribution is 2.47. The first-order valence-corrected chi connectivity index (χ1v) is 47.1. The van der Waals surface area contributed by atoms with Crippen molar-refractivity contribution in [1.82, 2.24) is 67.3 Å². The van der Waals surface area contributed by atoms with E-state index in [2.05, 4.69) is 416 Å². The number of para-hydroxylation sites is 11. The number of hydrogen-bond acceptors (Lipinski definition) is 8. The minimum Gasteiger partial charge on any atom is -0.309 e. The molecule has 0 amide bonds. The molecule has 0 bridgehead atoms. The molecule has 0 atom stereocenters. The van der Waals surface area contributed by atoms with E-state index in [1.165, 1.54) is 97.9 Å². The molecular formula is C126H80N14. The molecule has 0 spiro atoms. The van der Waals surface area contributed by atoms with Crippen molar-refractivity contribution < 1.29 is 0 Å². The predicted octanol–water partition coefficient (Wildman–Crippen LogP) is 31.1. The lowest BCUT2D eigenvalue weighted by atomic mass is 10.1.